The van der Waals surface area contributed by atoms with Gasteiger partial charge in [-0.1, -0.05) is 0 Å². The topological polar surface area (TPSA) is 149 Å². The highest BCUT2D eigenvalue weighted by Gasteiger charge is 2.20. The number of nitro groups is 1. The van der Waals surface area contributed by atoms with Crippen LogP contribution in [0.15, 0.2) is 18.2 Å². The van der Waals surface area contributed by atoms with Crippen molar-refractivity contribution in [2.75, 3.05) is 11.9 Å². The summed E-state index contributed by atoms with van der Waals surface area (Å²) in [5, 5.41) is 31.7. The Morgan fingerprint density at radius 3 is 2.55 bits per heavy atom. The fourth-order valence-electron chi connectivity index (χ4n) is 1.24. The van der Waals surface area contributed by atoms with E-state index in [0.717, 1.165) is 12.1 Å². The van der Waals surface area contributed by atoms with Gasteiger partial charge in [0.2, 0.25) is 0 Å². The highest BCUT2D eigenvalue weighted by atomic mass is 16.6. The van der Waals surface area contributed by atoms with Crippen molar-refractivity contribution < 1.29 is 14.5 Å². The van der Waals surface area contributed by atoms with Crippen LogP contribution in [0, 0.1) is 32.8 Å². The van der Waals surface area contributed by atoms with Gasteiger partial charge < -0.3 is 10.6 Å². The lowest BCUT2D eigenvalue weighted by Gasteiger charge is -2.05. The minimum Gasteiger partial charge on any atom is -0.335 e. The number of carbonyl (C=O) groups excluding carboxylic acids is 2. The molecule has 1 rings (SSSR count). The van der Waals surface area contributed by atoms with E-state index in [-0.39, 0.29) is 17.8 Å². The van der Waals surface area contributed by atoms with Crippen molar-refractivity contribution in [2.24, 2.45) is 0 Å². The third-order valence-corrected chi connectivity index (χ3v) is 2.11. The summed E-state index contributed by atoms with van der Waals surface area (Å²) in [4.78, 5) is 32.7. The van der Waals surface area contributed by atoms with Crippen molar-refractivity contribution in [3.63, 3.8) is 0 Å². The van der Waals surface area contributed by atoms with Gasteiger partial charge in [-0.05, 0) is 12.1 Å². The standard InChI is InChI=1S/C11H7N5O4/c12-3-4-14-10(17)11(18)15-8-2-1-7(6-13)5-9(8)16(19)20/h1-2,5H,4H2,(H,14,17)(H,15,18). The van der Waals surface area contributed by atoms with E-state index < -0.39 is 22.4 Å². The molecule has 0 saturated carbocycles. The summed E-state index contributed by atoms with van der Waals surface area (Å²) in [7, 11) is 0. The quantitative estimate of drug-likeness (QED) is 0.343. The van der Waals surface area contributed by atoms with Crippen LogP contribution in [-0.4, -0.2) is 23.3 Å². The molecule has 9 heteroatoms. The van der Waals surface area contributed by atoms with Crippen LogP contribution in [0.1, 0.15) is 5.56 Å². The number of nitrogens with zero attached hydrogens (tertiary/aromatic N) is 3. The zero-order valence-corrected chi connectivity index (χ0v) is 9.91. The van der Waals surface area contributed by atoms with E-state index in [4.69, 9.17) is 10.5 Å². The summed E-state index contributed by atoms with van der Waals surface area (Å²) >= 11 is 0. The lowest BCUT2D eigenvalue weighted by atomic mass is 10.2. The Balaban J connectivity index is 2.96. The Bertz CT molecular complexity index is 656. The van der Waals surface area contributed by atoms with E-state index in [1.165, 1.54) is 6.07 Å². The van der Waals surface area contributed by atoms with Gasteiger partial charge in [0.25, 0.3) is 5.69 Å². The summed E-state index contributed by atoms with van der Waals surface area (Å²) < 4.78 is 0. The molecule has 2 amide bonds. The van der Waals surface area contributed by atoms with Crippen molar-refractivity contribution >= 4 is 23.2 Å². The second-order valence-corrected chi connectivity index (χ2v) is 3.40. The lowest BCUT2D eigenvalue weighted by Crippen LogP contribution is -2.35. The first-order chi connectivity index (χ1) is 9.49. The molecule has 0 aliphatic heterocycles. The van der Waals surface area contributed by atoms with Crippen molar-refractivity contribution in [3.05, 3.63) is 33.9 Å². The first kappa shape index (κ1) is 14.6. The van der Waals surface area contributed by atoms with Crippen molar-refractivity contribution in [2.45, 2.75) is 0 Å². The molecule has 20 heavy (non-hydrogen) atoms. The predicted octanol–water partition coefficient (Wildman–Crippen LogP) is 0.0448. The Morgan fingerprint density at radius 1 is 1.30 bits per heavy atom. The van der Waals surface area contributed by atoms with Crippen molar-refractivity contribution in [1.29, 1.82) is 10.5 Å². The molecule has 0 saturated heterocycles. The molecule has 0 bridgehead atoms. The van der Waals surface area contributed by atoms with E-state index in [0.29, 0.717) is 0 Å². The van der Waals surface area contributed by atoms with Gasteiger partial charge in [-0.25, -0.2) is 0 Å². The average molecular weight is 273 g/mol. The molecule has 0 fully saturated rings. The normalized spacial score (nSPS) is 8.90. The molecule has 0 atom stereocenters. The number of nitro benzene ring substituents is 1. The summed E-state index contributed by atoms with van der Waals surface area (Å²) in [5.74, 6) is -2.24. The first-order valence-corrected chi connectivity index (χ1v) is 5.14. The van der Waals surface area contributed by atoms with E-state index in [9.17, 15) is 19.7 Å². The van der Waals surface area contributed by atoms with E-state index in [1.54, 1.807) is 12.1 Å². The molecular weight excluding hydrogens is 266 g/mol. The van der Waals surface area contributed by atoms with Crippen molar-refractivity contribution in [3.8, 4) is 12.1 Å². The SMILES string of the molecule is N#CCNC(=O)C(=O)Nc1ccc(C#N)cc1[N+](=O)[O-]. The molecule has 0 unspecified atom stereocenters. The monoisotopic (exact) mass is 273 g/mol. The highest BCUT2D eigenvalue weighted by Crippen LogP contribution is 2.25. The fourth-order valence-corrected chi connectivity index (χ4v) is 1.24. The highest BCUT2D eigenvalue weighted by molar-refractivity contribution is 6.39. The number of hydrogen-bond donors (Lipinski definition) is 2. The Kier molecular flexibility index (Phi) is 4.72. The van der Waals surface area contributed by atoms with Crippen LogP contribution in [-0.2, 0) is 9.59 Å². The summed E-state index contributed by atoms with van der Waals surface area (Å²) in [5.41, 5.74) is -0.680. The number of carbonyl (C=O) groups is 2. The molecular formula is C11H7N5O4. The molecule has 0 aliphatic carbocycles. The third kappa shape index (κ3) is 3.51. The molecule has 1 aromatic rings. The molecule has 100 valence electrons. The Labute approximate surface area is 112 Å². The Morgan fingerprint density at radius 2 is 2.00 bits per heavy atom. The second-order valence-electron chi connectivity index (χ2n) is 3.40. The number of hydrogen-bond acceptors (Lipinski definition) is 6. The number of benzene rings is 1. The fraction of sp³-hybridized carbons (Fsp3) is 0.0909. The van der Waals surface area contributed by atoms with Crippen LogP contribution in [0.5, 0.6) is 0 Å². The van der Waals surface area contributed by atoms with Crippen LogP contribution in [0.4, 0.5) is 11.4 Å². The predicted molar refractivity (Wildman–Crippen MR) is 65.1 cm³/mol. The molecule has 1 aromatic carbocycles. The first-order valence-electron chi connectivity index (χ1n) is 5.14. The van der Waals surface area contributed by atoms with Crippen LogP contribution in [0.3, 0.4) is 0 Å². The third-order valence-electron chi connectivity index (χ3n) is 2.11. The minimum atomic E-state index is -1.15. The molecule has 0 aliphatic rings. The number of amides is 2. The summed E-state index contributed by atoms with van der Waals surface area (Å²) in [6, 6.07) is 6.71. The zero-order chi connectivity index (χ0) is 15.1. The molecule has 9 nitrogen and oxygen atoms in total. The van der Waals surface area contributed by atoms with Gasteiger partial charge in [-0.15, -0.1) is 0 Å². The number of nitrogens with one attached hydrogen (secondary N) is 2. The van der Waals surface area contributed by atoms with Gasteiger partial charge in [0, 0.05) is 6.07 Å². The Hall–Kier alpha value is -3.46. The van der Waals surface area contributed by atoms with Crippen LogP contribution >= 0.6 is 0 Å². The minimum absolute atomic E-state index is 0.0450. The van der Waals surface area contributed by atoms with E-state index in [1.807, 2.05) is 10.6 Å². The van der Waals surface area contributed by atoms with Gasteiger partial charge >= 0.3 is 11.8 Å². The molecule has 0 aromatic heterocycles. The summed E-state index contributed by atoms with van der Waals surface area (Å²) in [6.45, 7) is -0.359. The summed E-state index contributed by atoms with van der Waals surface area (Å²) in [6.07, 6.45) is 0. The molecule has 2 N–H and O–H groups in total. The van der Waals surface area contributed by atoms with Gasteiger partial charge in [0.15, 0.2) is 0 Å². The largest absolute Gasteiger partial charge is 0.335 e. The smallest absolute Gasteiger partial charge is 0.313 e. The number of anilines is 1. The lowest BCUT2D eigenvalue weighted by molar-refractivity contribution is -0.383. The van der Waals surface area contributed by atoms with Crippen LogP contribution in [0.2, 0.25) is 0 Å². The van der Waals surface area contributed by atoms with Gasteiger partial charge in [-0.3, -0.25) is 19.7 Å². The van der Waals surface area contributed by atoms with Crippen molar-refractivity contribution in [1.82, 2.24) is 5.32 Å². The maximum atomic E-state index is 11.4. The van der Waals surface area contributed by atoms with Gasteiger partial charge in [-0.2, -0.15) is 10.5 Å². The maximum Gasteiger partial charge on any atom is 0.313 e. The number of rotatable bonds is 3. The maximum absolute atomic E-state index is 11.4. The molecule has 0 spiro atoms. The van der Waals surface area contributed by atoms with Crippen LogP contribution in [0.25, 0.3) is 0 Å². The zero-order valence-electron chi connectivity index (χ0n) is 9.91. The second kappa shape index (κ2) is 6.47. The number of nitriles is 2. The molecule has 0 radical (unpaired) electrons. The van der Waals surface area contributed by atoms with Crippen LogP contribution < -0.4 is 10.6 Å². The van der Waals surface area contributed by atoms with E-state index in [2.05, 4.69) is 0 Å². The molecule has 0 heterocycles. The van der Waals surface area contributed by atoms with Gasteiger partial charge in [0.05, 0.1) is 22.6 Å². The average Bonchev–Trinajstić information content (AvgIpc) is 2.44. The van der Waals surface area contributed by atoms with E-state index >= 15 is 0 Å². The van der Waals surface area contributed by atoms with Gasteiger partial charge in [0.1, 0.15) is 12.2 Å².